The van der Waals surface area contributed by atoms with Gasteiger partial charge < -0.3 is 10.0 Å². The Bertz CT molecular complexity index is 560. The van der Waals surface area contributed by atoms with E-state index in [0.29, 0.717) is 38.1 Å². The zero-order valence-corrected chi connectivity index (χ0v) is 10.7. The molecule has 1 aliphatic heterocycles. The van der Waals surface area contributed by atoms with Crippen LogP contribution in [-0.2, 0) is 6.18 Å². The summed E-state index contributed by atoms with van der Waals surface area (Å²) in [6.45, 7) is 0.763. The lowest BCUT2D eigenvalue weighted by molar-refractivity contribution is -0.384. The van der Waals surface area contributed by atoms with Crippen LogP contribution in [0.1, 0.15) is 28.8 Å². The Balaban J connectivity index is 2.71. The number of carboxylic acids is 1. The van der Waals surface area contributed by atoms with Gasteiger partial charge in [-0.3, -0.25) is 10.1 Å². The summed E-state index contributed by atoms with van der Waals surface area (Å²) in [5.74, 6) is -1.62. The number of hydrogen-bond donors (Lipinski definition) is 1. The quantitative estimate of drug-likeness (QED) is 0.685. The molecule has 6 nitrogen and oxygen atoms in total. The van der Waals surface area contributed by atoms with Crippen molar-refractivity contribution in [3.63, 3.8) is 0 Å². The third-order valence-electron chi connectivity index (χ3n) is 3.27. The molecule has 0 unspecified atom stereocenters. The first-order valence-electron chi connectivity index (χ1n) is 6.09. The van der Waals surface area contributed by atoms with E-state index in [4.69, 9.17) is 5.11 Å². The van der Waals surface area contributed by atoms with Gasteiger partial charge in [0.1, 0.15) is 5.69 Å². The number of alkyl halides is 3. The van der Waals surface area contributed by atoms with Crippen molar-refractivity contribution in [2.24, 2.45) is 0 Å². The smallest absolute Gasteiger partial charge is 0.416 e. The number of anilines is 1. The minimum atomic E-state index is -4.85. The van der Waals surface area contributed by atoms with E-state index < -0.39 is 33.9 Å². The van der Waals surface area contributed by atoms with Gasteiger partial charge in [0.25, 0.3) is 5.69 Å². The maximum absolute atomic E-state index is 12.8. The van der Waals surface area contributed by atoms with E-state index >= 15 is 0 Å². The Kier molecular flexibility index (Phi) is 3.75. The maximum atomic E-state index is 12.8. The first-order valence-corrected chi connectivity index (χ1v) is 6.09. The molecule has 1 saturated heterocycles. The van der Waals surface area contributed by atoms with Crippen LogP contribution < -0.4 is 4.90 Å². The fourth-order valence-corrected chi connectivity index (χ4v) is 2.36. The molecule has 9 heteroatoms. The average molecular weight is 304 g/mol. The van der Waals surface area contributed by atoms with Gasteiger partial charge in [0, 0.05) is 19.2 Å². The van der Waals surface area contributed by atoms with Gasteiger partial charge >= 0.3 is 12.1 Å². The van der Waals surface area contributed by atoms with E-state index in [2.05, 4.69) is 0 Å². The first-order chi connectivity index (χ1) is 9.71. The number of nitrogens with zero attached hydrogens (tertiary/aromatic N) is 2. The summed E-state index contributed by atoms with van der Waals surface area (Å²) in [6, 6.07) is 0.836. The fourth-order valence-electron chi connectivity index (χ4n) is 2.36. The molecule has 21 heavy (non-hydrogen) atoms. The zero-order chi connectivity index (χ0) is 15.8. The van der Waals surface area contributed by atoms with E-state index in [0.717, 1.165) is 0 Å². The normalized spacial score (nSPS) is 15.3. The molecule has 2 rings (SSSR count). The molecule has 0 aromatic heterocycles. The molecular formula is C12H11F3N2O4. The number of carbonyl (C=O) groups is 1. The predicted octanol–water partition coefficient (Wildman–Crippen LogP) is 2.91. The van der Waals surface area contributed by atoms with Crippen LogP contribution in [0.25, 0.3) is 0 Å². The van der Waals surface area contributed by atoms with Gasteiger partial charge in [-0.25, -0.2) is 4.79 Å². The highest BCUT2D eigenvalue weighted by Crippen LogP contribution is 2.40. The highest BCUT2D eigenvalue weighted by molar-refractivity contribution is 5.97. The lowest BCUT2D eigenvalue weighted by Gasteiger charge is -2.21. The SMILES string of the molecule is O=C(O)c1cc(C(F)(F)F)cc([N+](=O)[O-])c1N1CCCC1. The molecule has 0 spiro atoms. The second-order valence-corrected chi connectivity index (χ2v) is 4.65. The van der Waals surface area contributed by atoms with E-state index in [1.807, 2.05) is 0 Å². The molecule has 0 saturated carbocycles. The summed E-state index contributed by atoms with van der Waals surface area (Å²) in [5.41, 5.74) is -3.12. The molecule has 0 amide bonds. The first kappa shape index (κ1) is 15.1. The molecule has 1 aliphatic rings. The minimum Gasteiger partial charge on any atom is -0.478 e. The van der Waals surface area contributed by atoms with Crippen molar-refractivity contribution in [1.82, 2.24) is 0 Å². The number of aromatic carboxylic acids is 1. The molecule has 1 fully saturated rings. The van der Waals surface area contributed by atoms with Crippen molar-refractivity contribution < 1.29 is 28.0 Å². The van der Waals surface area contributed by atoms with Crippen molar-refractivity contribution in [2.75, 3.05) is 18.0 Å². The summed E-state index contributed by atoms with van der Waals surface area (Å²) >= 11 is 0. The molecule has 1 aromatic carbocycles. The van der Waals surface area contributed by atoms with Crippen LogP contribution >= 0.6 is 0 Å². The van der Waals surface area contributed by atoms with Crippen LogP contribution in [-0.4, -0.2) is 29.1 Å². The Hall–Kier alpha value is -2.32. The molecule has 1 N–H and O–H groups in total. The van der Waals surface area contributed by atoms with Gasteiger partial charge in [-0.2, -0.15) is 13.2 Å². The number of hydrogen-bond acceptors (Lipinski definition) is 4. The molecule has 1 aromatic rings. The molecule has 0 atom stereocenters. The van der Waals surface area contributed by atoms with Crippen LogP contribution in [0.5, 0.6) is 0 Å². The number of carboxylic acid groups (broad SMARTS) is 1. The number of benzene rings is 1. The Morgan fingerprint density at radius 2 is 1.86 bits per heavy atom. The fraction of sp³-hybridized carbons (Fsp3) is 0.417. The second kappa shape index (κ2) is 5.23. The number of nitro groups is 1. The highest BCUT2D eigenvalue weighted by atomic mass is 19.4. The van der Waals surface area contributed by atoms with Gasteiger partial charge in [0.2, 0.25) is 0 Å². The highest BCUT2D eigenvalue weighted by Gasteiger charge is 2.37. The molecule has 114 valence electrons. The van der Waals surface area contributed by atoms with E-state index in [1.165, 1.54) is 4.90 Å². The lowest BCUT2D eigenvalue weighted by Crippen LogP contribution is -2.23. The van der Waals surface area contributed by atoms with Gasteiger partial charge in [-0.1, -0.05) is 0 Å². The van der Waals surface area contributed by atoms with Crippen LogP contribution in [0.4, 0.5) is 24.5 Å². The van der Waals surface area contributed by atoms with Crippen molar-refractivity contribution in [2.45, 2.75) is 19.0 Å². The molecule has 0 radical (unpaired) electrons. The Morgan fingerprint density at radius 1 is 1.29 bits per heavy atom. The van der Waals surface area contributed by atoms with Crippen LogP contribution in [0.2, 0.25) is 0 Å². The molecule has 1 heterocycles. The maximum Gasteiger partial charge on any atom is 0.416 e. The predicted molar refractivity (Wildman–Crippen MR) is 66.5 cm³/mol. The summed E-state index contributed by atoms with van der Waals surface area (Å²) in [6.07, 6.45) is -3.44. The number of halogens is 3. The third kappa shape index (κ3) is 2.91. The van der Waals surface area contributed by atoms with Crippen LogP contribution in [0, 0.1) is 10.1 Å². The van der Waals surface area contributed by atoms with E-state index in [9.17, 15) is 28.1 Å². The summed E-state index contributed by atoms with van der Waals surface area (Å²) in [7, 11) is 0. The Labute approximate surface area is 116 Å². The van der Waals surface area contributed by atoms with Crippen LogP contribution in [0.15, 0.2) is 12.1 Å². The van der Waals surface area contributed by atoms with Gasteiger partial charge in [0.05, 0.1) is 16.1 Å². The number of rotatable bonds is 3. The van der Waals surface area contributed by atoms with Crippen LogP contribution in [0.3, 0.4) is 0 Å². The summed E-state index contributed by atoms with van der Waals surface area (Å²) in [5, 5.41) is 20.2. The number of nitro benzene ring substituents is 1. The van der Waals surface area contributed by atoms with Crippen molar-refractivity contribution in [3.8, 4) is 0 Å². The second-order valence-electron chi connectivity index (χ2n) is 4.65. The molecule has 0 bridgehead atoms. The third-order valence-corrected chi connectivity index (χ3v) is 3.27. The molecular weight excluding hydrogens is 293 g/mol. The lowest BCUT2D eigenvalue weighted by atomic mass is 10.0. The van der Waals surface area contributed by atoms with E-state index in [-0.39, 0.29) is 5.69 Å². The van der Waals surface area contributed by atoms with Gasteiger partial charge in [-0.15, -0.1) is 0 Å². The van der Waals surface area contributed by atoms with Crippen molar-refractivity contribution >= 4 is 17.3 Å². The van der Waals surface area contributed by atoms with E-state index in [1.54, 1.807) is 0 Å². The largest absolute Gasteiger partial charge is 0.478 e. The Morgan fingerprint density at radius 3 is 2.29 bits per heavy atom. The minimum absolute atomic E-state index is 0.252. The van der Waals surface area contributed by atoms with Crippen molar-refractivity contribution in [3.05, 3.63) is 33.4 Å². The van der Waals surface area contributed by atoms with Crippen molar-refractivity contribution in [1.29, 1.82) is 0 Å². The zero-order valence-electron chi connectivity index (χ0n) is 10.7. The summed E-state index contributed by atoms with van der Waals surface area (Å²) in [4.78, 5) is 22.7. The molecule has 0 aliphatic carbocycles. The average Bonchev–Trinajstić information content (AvgIpc) is 2.89. The van der Waals surface area contributed by atoms with Gasteiger partial charge in [0.15, 0.2) is 0 Å². The summed E-state index contributed by atoms with van der Waals surface area (Å²) < 4.78 is 38.3. The monoisotopic (exact) mass is 304 g/mol. The topological polar surface area (TPSA) is 83.7 Å². The van der Waals surface area contributed by atoms with Gasteiger partial charge in [-0.05, 0) is 18.9 Å². The standard InChI is InChI=1S/C12H11F3N2O4/c13-12(14,15)7-5-8(11(18)19)10(9(6-7)17(20)21)16-3-1-2-4-16/h5-6H,1-4H2,(H,18,19).